The first-order valence-electron chi connectivity index (χ1n) is 9.08. The quantitative estimate of drug-likeness (QED) is 0.444. The third-order valence-electron chi connectivity index (χ3n) is 5.09. The van der Waals surface area contributed by atoms with Crippen LogP contribution in [0.2, 0.25) is 0 Å². The molecule has 3 heterocycles. The zero-order valence-electron chi connectivity index (χ0n) is 14.7. The maximum Gasteiger partial charge on any atom is 0.159 e. The maximum atomic E-state index is 5.85. The van der Waals surface area contributed by atoms with E-state index in [1.54, 1.807) is 0 Å². The smallest absolute Gasteiger partial charge is 0.159 e. The Morgan fingerprint density at radius 3 is 2.85 bits per heavy atom. The number of fused-ring (bicyclic) bond motifs is 2. The molecule has 27 heavy (non-hydrogen) atoms. The van der Waals surface area contributed by atoms with Gasteiger partial charge in [0.25, 0.3) is 0 Å². The number of para-hydroxylation sites is 3. The van der Waals surface area contributed by atoms with E-state index in [1.165, 1.54) is 5.56 Å². The average Bonchev–Trinajstić information content (AvgIpc) is 3.07. The Balaban J connectivity index is 1.64. The van der Waals surface area contributed by atoms with E-state index < -0.39 is 0 Å². The highest BCUT2D eigenvalue weighted by Crippen LogP contribution is 2.36. The second-order valence-electron chi connectivity index (χ2n) is 6.77. The van der Waals surface area contributed by atoms with Crippen molar-refractivity contribution in [1.82, 2.24) is 14.5 Å². The van der Waals surface area contributed by atoms with Crippen LogP contribution in [0.1, 0.15) is 17.9 Å². The average molecular weight is 420 g/mol. The molecule has 2 aromatic carbocycles. The van der Waals surface area contributed by atoms with Crippen molar-refractivity contribution >= 4 is 27.0 Å². The number of hydrogen-bond donors (Lipinski definition) is 0. The summed E-state index contributed by atoms with van der Waals surface area (Å²) in [7, 11) is 0. The summed E-state index contributed by atoms with van der Waals surface area (Å²) >= 11 is 3.55. The minimum Gasteiger partial charge on any atom is -0.493 e. The van der Waals surface area contributed by atoms with Crippen molar-refractivity contribution in [3.63, 3.8) is 0 Å². The number of imidazole rings is 1. The summed E-state index contributed by atoms with van der Waals surface area (Å²) < 4.78 is 9.15. The van der Waals surface area contributed by atoms with Crippen LogP contribution in [0.3, 0.4) is 0 Å². The van der Waals surface area contributed by atoms with Crippen molar-refractivity contribution in [2.45, 2.75) is 18.9 Å². The predicted molar refractivity (Wildman–Crippen MR) is 110 cm³/mol. The Kier molecular flexibility index (Phi) is 4.17. The predicted octanol–water partition coefficient (Wildman–Crippen LogP) is 5.43. The number of benzene rings is 2. The molecule has 0 bridgehead atoms. The fraction of sp³-hybridized carbons (Fsp3) is 0.182. The highest BCUT2D eigenvalue weighted by molar-refractivity contribution is 9.10. The molecule has 4 nitrogen and oxygen atoms in total. The van der Waals surface area contributed by atoms with Crippen molar-refractivity contribution in [1.29, 1.82) is 0 Å². The highest BCUT2D eigenvalue weighted by atomic mass is 79.9. The molecule has 5 heteroatoms. The Bertz CT molecular complexity index is 1120. The number of pyridine rings is 1. The van der Waals surface area contributed by atoms with Crippen molar-refractivity contribution in [2.24, 2.45) is 0 Å². The van der Waals surface area contributed by atoms with Gasteiger partial charge in [-0.25, -0.2) is 4.98 Å². The summed E-state index contributed by atoms with van der Waals surface area (Å²) in [6, 6.07) is 20.6. The van der Waals surface area contributed by atoms with Gasteiger partial charge >= 0.3 is 0 Å². The lowest BCUT2D eigenvalue weighted by molar-refractivity contribution is 0.259. The van der Waals surface area contributed by atoms with Gasteiger partial charge in [0.05, 0.1) is 17.6 Å². The molecule has 0 saturated heterocycles. The van der Waals surface area contributed by atoms with E-state index in [0.717, 1.165) is 52.3 Å². The van der Waals surface area contributed by atoms with Gasteiger partial charge in [-0.05, 0) is 42.3 Å². The summed E-state index contributed by atoms with van der Waals surface area (Å²) in [4.78, 5) is 9.46. The van der Waals surface area contributed by atoms with Crippen molar-refractivity contribution in [3.8, 4) is 17.3 Å². The van der Waals surface area contributed by atoms with Gasteiger partial charge in [0.1, 0.15) is 11.4 Å². The van der Waals surface area contributed by atoms with E-state index in [9.17, 15) is 0 Å². The van der Waals surface area contributed by atoms with Crippen LogP contribution in [0.5, 0.6) is 5.75 Å². The summed E-state index contributed by atoms with van der Waals surface area (Å²) in [5.41, 5.74) is 4.28. The third kappa shape index (κ3) is 3.02. The molecule has 5 rings (SSSR count). The first kappa shape index (κ1) is 16.5. The molecular weight excluding hydrogens is 402 g/mol. The molecule has 134 valence electrons. The zero-order chi connectivity index (χ0) is 18.2. The maximum absolute atomic E-state index is 5.85. The number of halogens is 1. The Labute approximate surface area is 166 Å². The molecule has 2 aromatic heterocycles. The normalized spacial score (nSPS) is 16.1. The lowest BCUT2D eigenvalue weighted by atomic mass is 9.93. The molecular formula is C22H18BrN3O. The molecule has 0 aliphatic carbocycles. The zero-order valence-corrected chi connectivity index (χ0v) is 16.3. The molecule has 0 fully saturated rings. The Morgan fingerprint density at radius 2 is 1.93 bits per heavy atom. The lowest BCUT2D eigenvalue weighted by Crippen LogP contribution is -2.19. The highest BCUT2D eigenvalue weighted by Gasteiger charge is 2.24. The first-order chi connectivity index (χ1) is 13.3. The minimum atomic E-state index is 0.387. The van der Waals surface area contributed by atoms with E-state index in [2.05, 4.69) is 61.9 Å². The number of ether oxygens (including phenoxy) is 1. The van der Waals surface area contributed by atoms with Crippen molar-refractivity contribution in [2.75, 3.05) is 6.61 Å². The van der Waals surface area contributed by atoms with Crippen LogP contribution in [0.15, 0.2) is 71.3 Å². The number of nitrogens with zero attached hydrogens (tertiary/aromatic N) is 3. The minimum absolute atomic E-state index is 0.387. The van der Waals surface area contributed by atoms with Crippen LogP contribution < -0.4 is 4.74 Å². The fourth-order valence-electron chi connectivity index (χ4n) is 3.81. The summed E-state index contributed by atoms with van der Waals surface area (Å²) in [6.07, 6.45) is 2.81. The van der Waals surface area contributed by atoms with E-state index >= 15 is 0 Å². The number of aromatic nitrogens is 3. The molecule has 0 amide bonds. The summed E-state index contributed by atoms with van der Waals surface area (Å²) in [5.74, 6) is 2.29. The molecule has 4 aromatic rings. The molecule has 1 atom stereocenters. The van der Waals surface area contributed by atoms with Crippen molar-refractivity contribution in [3.05, 3.63) is 76.9 Å². The van der Waals surface area contributed by atoms with Crippen LogP contribution in [0.25, 0.3) is 22.6 Å². The van der Waals surface area contributed by atoms with Gasteiger partial charge in [0.2, 0.25) is 0 Å². The standard InChI is InChI=1S/C22H18BrN3O/c23-16-9-11-24-19(13-16)22-25-18-6-2-3-7-20(18)26(22)14-15-10-12-27-21-8-4-1-5-17(15)21/h1-9,11,13,15H,10,12,14H2. The number of hydrogen-bond acceptors (Lipinski definition) is 3. The van der Waals surface area contributed by atoms with E-state index in [0.29, 0.717) is 5.92 Å². The summed E-state index contributed by atoms with van der Waals surface area (Å²) in [5, 5.41) is 0. The van der Waals surface area contributed by atoms with Crippen molar-refractivity contribution < 1.29 is 4.74 Å². The Morgan fingerprint density at radius 1 is 1.07 bits per heavy atom. The SMILES string of the molecule is Brc1ccnc(-c2nc3ccccc3n2CC2CCOc3ccccc32)c1. The third-order valence-corrected chi connectivity index (χ3v) is 5.58. The van der Waals surface area contributed by atoms with Crippen LogP contribution in [0.4, 0.5) is 0 Å². The van der Waals surface area contributed by atoms with Gasteiger partial charge < -0.3 is 9.30 Å². The van der Waals surface area contributed by atoms with Gasteiger partial charge in [-0.15, -0.1) is 0 Å². The van der Waals surface area contributed by atoms with Gasteiger partial charge in [-0.2, -0.15) is 0 Å². The van der Waals surface area contributed by atoms with E-state index in [-0.39, 0.29) is 0 Å². The number of rotatable bonds is 3. The van der Waals surface area contributed by atoms with Gasteiger partial charge in [0.15, 0.2) is 5.82 Å². The van der Waals surface area contributed by atoms with Crippen LogP contribution in [0, 0.1) is 0 Å². The topological polar surface area (TPSA) is 39.9 Å². The molecule has 1 aliphatic rings. The van der Waals surface area contributed by atoms with Crippen LogP contribution in [-0.2, 0) is 6.54 Å². The largest absolute Gasteiger partial charge is 0.493 e. The molecule has 0 N–H and O–H groups in total. The molecule has 1 unspecified atom stereocenters. The van der Waals surface area contributed by atoms with Gasteiger partial charge in [-0.3, -0.25) is 4.98 Å². The Hall–Kier alpha value is -2.66. The molecule has 0 radical (unpaired) electrons. The molecule has 0 spiro atoms. The van der Waals surface area contributed by atoms with E-state index in [4.69, 9.17) is 9.72 Å². The summed E-state index contributed by atoms with van der Waals surface area (Å²) in [6.45, 7) is 1.60. The monoisotopic (exact) mass is 419 g/mol. The van der Waals surface area contributed by atoms with E-state index in [1.807, 2.05) is 30.5 Å². The van der Waals surface area contributed by atoms with Gasteiger partial charge in [-0.1, -0.05) is 46.3 Å². The second-order valence-corrected chi connectivity index (χ2v) is 7.68. The first-order valence-corrected chi connectivity index (χ1v) is 9.88. The lowest BCUT2D eigenvalue weighted by Gasteiger charge is -2.27. The van der Waals surface area contributed by atoms with Crippen LogP contribution in [-0.4, -0.2) is 21.1 Å². The second kappa shape index (κ2) is 6.82. The van der Waals surface area contributed by atoms with Crippen LogP contribution >= 0.6 is 15.9 Å². The molecule has 1 aliphatic heterocycles. The fourth-order valence-corrected chi connectivity index (χ4v) is 4.14. The van der Waals surface area contributed by atoms with Gasteiger partial charge in [0, 0.05) is 23.1 Å². The molecule has 0 saturated carbocycles.